The number of rotatable bonds is 8. The molecule has 3 rings (SSSR count). The Hall–Kier alpha value is -1.21. The molecule has 5 nitrogen and oxygen atoms in total. The molecule has 25 heavy (non-hydrogen) atoms. The first kappa shape index (κ1) is 18.6. The van der Waals surface area contributed by atoms with Gasteiger partial charge in [0.2, 0.25) is 0 Å². The average Bonchev–Trinajstić information content (AvgIpc) is 3.25. The van der Waals surface area contributed by atoms with E-state index >= 15 is 0 Å². The number of aliphatic hydroxyl groups is 1. The van der Waals surface area contributed by atoms with Crippen molar-refractivity contribution in [2.45, 2.75) is 39.3 Å². The molecule has 0 spiro atoms. The molecule has 2 aromatic rings. The lowest BCUT2D eigenvalue weighted by Gasteiger charge is -2.41. The van der Waals surface area contributed by atoms with Crippen molar-refractivity contribution < 1.29 is 5.11 Å². The van der Waals surface area contributed by atoms with Gasteiger partial charge in [0.05, 0.1) is 0 Å². The van der Waals surface area contributed by atoms with E-state index in [0.29, 0.717) is 6.04 Å². The zero-order valence-corrected chi connectivity index (χ0v) is 16.2. The molecule has 1 fully saturated rings. The predicted octanol–water partition coefficient (Wildman–Crippen LogP) is 2.85. The first-order valence-electron chi connectivity index (χ1n) is 9.30. The number of hydrogen-bond donors (Lipinski definition) is 1. The number of nitrogens with zero attached hydrogens (tertiary/aromatic N) is 4. The van der Waals surface area contributed by atoms with Gasteiger partial charge in [0.15, 0.2) is 5.13 Å². The fraction of sp³-hybridized carbons (Fsp3) is 0.632. The molecule has 1 N–H and O–H groups in total. The molecular weight excluding hydrogens is 332 g/mol. The fourth-order valence-electron chi connectivity index (χ4n) is 3.54. The van der Waals surface area contributed by atoms with Gasteiger partial charge in [-0.2, -0.15) is 0 Å². The highest BCUT2D eigenvalue weighted by Gasteiger charge is 2.27. The maximum absolute atomic E-state index is 9.47. The second kappa shape index (κ2) is 8.94. The molecule has 0 amide bonds. The molecule has 1 aliphatic heterocycles. The van der Waals surface area contributed by atoms with Gasteiger partial charge in [0.25, 0.3) is 0 Å². The van der Waals surface area contributed by atoms with Crippen LogP contribution >= 0.6 is 11.3 Å². The largest absolute Gasteiger partial charge is 0.396 e. The first-order valence-corrected chi connectivity index (χ1v) is 10.2. The summed E-state index contributed by atoms with van der Waals surface area (Å²) in [5.74, 6) is 0.731. The maximum Gasteiger partial charge on any atom is 0.193 e. The van der Waals surface area contributed by atoms with Gasteiger partial charge in [-0.15, -0.1) is 11.3 Å². The van der Waals surface area contributed by atoms with Crippen LogP contribution < -0.4 is 0 Å². The molecule has 0 bridgehead atoms. The minimum absolute atomic E-state index is 0.270. The maximum atomic E-state index is 9.47. The molecule has 1 atom stereocenters. The number of aromatic nitrogens is 2. The molecule has 6 heteroatoms. The molecule has 0 aliphatic carbocycles. The van der Waals surface area contributed by atoms with Crippen LogP contribution in [0.5, 0.6) is 0 Å². The summed E-state index contributed by atoms with van der Waals surface area (Å²) in [6.45, 7) is 10.1. The van der Waals surface area contributed by atoms with Gasteiger partial charge in [0.1, 0.15) is 0 Å². The molecule has 1 saturated heterocycles. The van der Waals surface area contributed by atoms with Gasteiger partial charge >= 0.3 is 0 Å². The number of aliphatic hydroxyl groups excluding tert-OH is 1. The monoisotopic (exact) mass is 362 g/mol. The second-order valence-electron chi connectivity index (χ2n) is 7.30. The van der Waals surface area contributed by atoms with E-state index in [1.807, 2.05) is 11.6 Å². The Kier molecular flexibility index (Phi) is 6.64. The Morgan fingerprint density at radius 3 is 2.96 bits per heavy atom. The first-order chi connectivity index (χ1) is 12.2. The third-order valence-corrected chi connectivity index (χ3v) is 5.76. The Labute approximate surface area is 154 Å². The Morgan fingerprint density at radius 1 is 1.36 bits per heavy atom. The molecular formula is C19H30N4OS. The van der Waals surface area contributed by atoms with Gasteiger partial charge in [0, 0.05) is 62.3 Å². The number of thiazole rings is 1. The lowest BCUT2D eigenvalue weighted by molar-refractivity contribution is 0.0516. The molecule has 0 radical (unpaired) electrons. The highest BCUT2D eigenvalue weighted by Crippen LogP contribution is 2.20. The molecule has 0 aromatic carbocycles. The van der Waals surface area contributed by atoms with Crippen molar-refractivity contribution in [2.75, 3.05) is 32.8 Å². The van der Waals surface area contributed by atoms with Crippen molar-refractivity contribution in [3.63, 3.8) is 0 Å². The highest BCUT2D eigenvalue weighted by molar-refractivity contribution is 7.12. The van der Waals surface area contributed by atoms with Crippen molar-refractivity contribution in [2.24, 2.45) is 5.92 Å². The summed E-state index contributed by atoms with van der Waals surface area (Å²) in [5, 5.41) is 12.5. The van der Waals surface area contributed by atoms with Crippen LogP contribution in [0.3, 0.4) is 0 Å². The van der Waals surface area contributed by atoms with E-state index in [1.54, 1.807) is 11.3 Å². The quantitative estimate of drug-likeness (QED) is 0.784. The van der Waals surface area contributed by atoms with Crippen LogP contribution in [-0.4, -0.2) is 63.3 Å². The Balaban J connectivity index is 1.62. The van der Waals surface area contributed by atoms with E-state index < -0.39 is 0 Å². The van der Waals surface area contributed by atoms with E-state index in [2.05, 4.69) is 51.5 Å². The molecule has 138 valence electrons. The summed E-state index contributed by atoms with van der Waals surface area (Å²) in [6.07, 6.45) is 6.05. The van der Waals surface area contributed by atoms with Crippen LogP contribution in [0.1, 0.15) is 32.4 Å². The van der Waals surface area contributed by atoms with E-state index in [1.165, 1.54) is 12.1 Å². The third kappa shape index (κ3) is 4.91. The van der Waals surface area contributed by atoms with Crippen LogP contribution in [0.15, 0.2) is 29.9 Å². The van der Waals surface area contributed by atoms with Crippen LogP contribution in [0.2, 0.25) is 0 Å². The molecule has 3 heterocycles. The van der Waals surface area contributed by atoms with Crippen molar-refractivity contribution in [3.05, 3.63) is 35.6 Å². The zero-order chi connectivity index (χ0) is 17.6. The van der Waals surface area contributed by atoms with Gasteiger partial charge < -0.3 is 5.11 Å². The Morgan fingerprint density at radius 2 is 2.24 bits per heavy atom. The molecule has 1 aliphatic rings. The van der Waals surface area contributed by atoms with E-state index in [0.717, 1.165) is 50.2 Å². The third-order valence-electron chi connectivity index (χ3n) is 4.99. The summed E-state index contributed by atoms with van der Waals surface area (Å²) in [6, 6.07) is 4.75. The second-order valence-corrected chi connectivity index (χ2v) is 8.18. The summed E-state index contributed by atoms with van der Waals surface area (Å²) in [5.41, 5.74) is 1.29. The zero-order valence-electron chi connectivity index (χ0n) is 15.3. The van der Waals surface area contributed by atoms with Gasteiger partial charge in [-0.3, -0.25) is 14.4 Å². The van der Waals surface area contributed by atoms with Crippen molar-refractivity contribution >= 4 is 11.3 Å². The van der Waals surface area contributed by atoms with Gasteiger partial charge in [-0.05, 0) is 37.4 Å². The Bertz CT molecular complexity index is 625. The number of piperazine rings is 1. The lowest BCUT2D eigenvalue weighted by atomic mass is 10.1. The predicted molar refractivity (Wildman–Crippen MR) is 103 cm³/mol. The van der Waals surface area contributed by atoms with E-state index in [9.17, 15) is 5.11 Å². The molecule has 0 saturated carbocycles. The number of hydrogen-bond acceptors (Lipinski definition) is 5. The standard InChI is InChI=1S/C19H30N4OS/c1-16(2)5-9-22-11-10-21(14-17(22)6-12-24)15-18-4-3-8-23(18)19-20-7-13-25-19/h3-4,7-8,13,16-17,24H,5-6,9-12,14-15H2,1-2H3/t17-/m1/s1. The van der Waals surface area contributed by atoms with E-state index in [-0.39, 0.29) is 6.61 Å². The smallest absolute Gasteiger partial charge is 0.193 e. The minimum Gasteiger partial charge on any atom is -0.396 e. The van der Waals surface area contributed by atoms with Crippen LogP contribution in [0.25, 0.3) is 5.13 Å². The lowest BCUT2D eigenvalue weighted by Crippen LogP contribution is -2.53. The summed E-state index contributed by atoms with van der Waals surface area (Å²) < 4.78 is 2.19. The van der Waals surface area contributed by atoms with Gasteiger partial charge in [-0.25, -0.2) is 4.98 Å². The van der Waals surface area contributed by atoms with Crippen molar-refractivity contribution in [3.8, 4) is 5.13 Å². The highest BCUT2D eigenvalue weighted by atomic mass is 32.1. The van der Waals surface area contributed by atoms with Gasteiger partial charge in [-0.1, -0.05) is 13.8 Å². The van der Waals surface area contributed by atoms with Crippen LogP contribution in [0.4, 0.5) is 0 Å². The van der Waals surface area contributed by atoms with Crippen molar-refractivity contribution in [1.29, 1.82) is 0 Å². The van der Waals surface area contributed by atoms with Crippen molar-refractivity contribution in [1.82, 2.24) is 19.4 Å². The molecule has 0 unspecified atom stereocenters. The summed E-state index contributed by atoms with van der Waals surface area (Å²) >= 11 is 1.67. The average molecular weight is 363 g/mol. The normalized spacial score (nSPS) is 19.8. The summed E-state index contributed by atoms with van der Waals surface area (Å²) in [4.78, 5) is 9.53. The molecule has 2 aromatic heterocycles. The minimum atomic E-state index is 0.270. The SMILES string of the molecule is CC(C)CCN1CCN(Cc2cccn2-c2nccs2)C[C@H]1CCO. The topological polar surface area (TPSA) is 44.5 Å². The van der Waals surface area contributed by atoms with E-state index in [4.69, 9.17) is 0 Å². The fourth-order valence-corrected chi connectivity index (χ4v) is 4.19. The van der Waals surface area contributed by atoms with Crippen LogP contribution in [-0.2, 0) is 6.54 Å². The van der Waals surface area contributed by atoms with Crippen LogP contribution in [0, 0.1) is 5.92 Å². The summed E-state index contributed by atoms with van der Waals surface area (Å²) in [7, 11) is 0.